The summed E-state index contributed by atoms with van der Waals surface area (Å²) < 4.78 is 8.62. The molecule has 1 aromatic carbocycles. The van der Waals surface area contributed by atoms with Crippen molar-refractivity contribution < 1.29 is 9.53 Å². The average Bonchev–Trinajstić information content (AvgIpc) is 3.41. The van der Waals surface area contributed by atoms with Gasteiger partial charge in [-0.05, 0) is 32.3 Å². The second kappa shape index (κ2) is 5.59. The van der Waals surface area contributed by atoms with Crippen LogP contribution >= 0.6 is 0 Å². The lowest BCUT2D eigenvalue weighted by Gasteiger charge is -2.28. The minimum atomic E-state index is 0.0430. The van der Waals surface area contributed by atoms with Gasteiger partial charge in [-0.25, -0.2) is 4.98 Å². The van der Waals surface area contributed by atoms with E-state index in [1.165, 1.54) is 16.7 Å². The van der Waals surface area contributed by atoms with Crippen molar-refractivity contribution in [3.05, 3.63) is 64.6 Å². The highest BCUT2D eigenvalue weighted by Crippen LogP contribution is 2.45. The normalized spacial score (nSPS) is 21.4. The Labute approximate surface area is 152 Å². The van der Waals surface area contributed by atoms with E-state index in [2.05, 4.69) is 41.8 Å². The van der Waals surface area contributed by atoms with Gasteiger partial charge in [-0.15, -0.1) is 0 Å². The van der Waals surface area contributed by atoms with E-state index in [0.29, 0.717) is 0 Å². The largest absolute Gasteiger partial charge is 0.482 e. The van der Waals surface area contributed by atoms with Gasteiger partial charge in [0, 0.05) is 29.6 Å². The highest BCUT2D eigenvalue weighted by molar-refractivity contribution is 5.65. The standard InChI is InChI=1S/C21H21N3O2/c1-13-14(2)24-10-17(18-11-23(18)12-25)16-8-9-19(15-6-4-3-5-7-15)26-20(16)21(24)22-13/h3-7,10,12,18-19H,8-9,11H2,1-2H3. The Bertz CT molecular complexity index is 1010. The van der Waals surface area contributed by atoms with Gasteiger partial charge in [-0.1, -0.05) is 30.3 Å². The highest BCUT2D eigenvalue weighted by atomic mass is 16.5. The number of carbonyl (C=O) groups excluding carboxylic acids is 1. The topological polar surface area (TPSA) is 46.6 Å². The Balaban J connectivity index is 1.66. The fraction of sp³-hybridized carbons (Fsp3) is 0.333. The molecule has 1 fully saturated rings. The number of ether oxygens (including phenoxy) is 1. The molecule has 0 bridgehead atoms. The summed E-state index contributed by atoms with van der Waals surface area (Å²) in [5, 5.41) is 0. The molecule has 2 aromatic heterocycles. The number of aromatic nitrogens is 2. The number of nitrogens with zero attached hydrogens (tertiary/aromatic N) is 3. The van der Waals surface area contributed by atoms with Gasteiger partial charge in [0.25, 0.3) is 0 Å². The summed E-state index contributed by atoms with van der Waals surface area (Å²) in [6, 6.07) is 10.5. The second-order valence-electron chi connectivity index (χ2n) is 7.24. The van der Waals surface area contributed by atoms with Gasteiger partial charge >= 0.3 is 0 Å². The van der Waals surface area contributed by atoms with Crippen LogP contribution in [0.2, 0.25) is 0 Å². The van der Waals surface area contributed by atoms with Gasteiger partial charge in [-0.2, -0.15) is 0 Å². The molecule has 5 nitrogen and oxygen atoms in total. The number of rotatable bonds is 3. The maximum absolute atomic E-state index is 11.2. The van der Waals surface area contributed by atoms with E-state index in [9.17, 15) is 4.79 Å². The van der Waals surface area contributed by atoms with Crippen molar-refractivity contribution >= 4 is 12.1 Å². The summed E-state index contributed by atoms with van der Waals surface area (Å²) in [7, 11) is 0. The van der Waals surface area contributed by atoms with Gasteiger partial charge in [0.1, 0.15) is 6.10 Å². The molecule has 0 spiro atoms. The zero-order valence-electron chi connectivity index (χ0n) is 15.0. The predicted octanol–water partition coefficient (Wildman–Crippen LogP) is 3.53. The minimum Gasteiger partial charge on any atom is -0.482 e. The molecule has 2 aliphatic rings. The van der Waals surface area contributed by atoms with Crippen molar-refractivity contribution in [1.82, 2.24) is 14.3 Å². The fourth-order valence-corrected chi connectivity index (χ4v) is 4.02. The summed E-state index contributed by atoms with van der Waals surface area (Å²) in [4.78, 5) is 17.8. The fourth-order valence-electron chi connectivity index (χ4n) is 4.02. The van der Waals surface area contributed by atoms with Crippen molar-refractivity contribution in [3.8, 4) is 5.75 Å². The maximum atomic E-state index is 11.2. The second-order valence-corrected chi connectivity index (χ2v) is 7.24. The first kappa shape index (κ1) is 15.4. The van der Waals surface area contributed by atoms with Gasteiger partial charge in [0.15, 0.2) is 11.4 Å². The number of benzene rings is 1. The molecule has 5 heteroatoms. The Morgan fingerprint density at radius 1 is 1.23 bits per heavy atom. The first-order valence-corrected chi connectivity index (χ1v) is 9.11. The molecule has 5 rings (SSSR count). The number of fused-ring (bicyclic) bond motifs is 3. The Morgan fingerprint density at radius 3 is 2.77 bits per heavy atom. The summed E-state index contributed by atoms with van der Waals surface area (Å²) in [5.41, 5.74) is 6.63. The third-order valence-corrected chi connectivity index (χ3v) is 5.71. The van der Waals surface area contributed by atoms with Crippen LogP contribution in [0.25, 0.3) is 5.65 Å². The molecule has 0 aliphatic carbocycles. The molecule has 1 amide bonds. The number of carbonyl (C=O) groups is 1. The first-order chi connectivity index (χ1) is 12.7. The summed E-state index contributed by atoms with van der Waals surface area (Å²) in [5.74, 6) is 0.886. The number of amides is 1. The number of pyridine rings is 1. The average molecular weight is 347 g/mol. The quantitative estimate of drug-likeness (QED) is 0.538. The van der Waals surface area contributed by atoms with Crippen LogP contribution < -0.4 is 4.74 Å². The monoisotopic (exact) mass is 347 g/mol. The Morgan fingerprint density at radius 2 is 2.04 bits per heavy atom. The lowest BCUT2D eigenvalue weighted by molar-refractivity contribution is -0.113. The molecule has 2 atom stereocenters. The zero-order chi connectivity index (χ0) is 17.8. The van der Waals surface area contributed by atoms with Crippen molar-refractivity contribution in [2.24, 2.45) is 0 Å². The van der Waals surface area contributed by atoms with Crippen LogP contribution in [0.3, 0.4) is 0 Å². The van der Waals surface area contributed by atoms with E-state index in [4.69, 9.17) is 9.72 Å². The smallest absolute Gasteiger partial charge is 0.210 e. The molecule has 4 heterocycles. The lowest BCUT2D eigenvalue weighted by Crippen LogP contribution is -2.18. The number of aryl methyl sites for hydroxylation is 2. The van der Waals surface area contributed by atoms with Gasteiger partial charge in [-0.3, -0.25) is 4.79 Å². The lowest BCUT2D eigenvalue weighted by atomic mass is 9.94. The Hall–Kier alpha value is -2.82. The van der Waals surface area contributed by atoms with Crippen LogP contribution in [0.4, 0.5) is 0 Å². The molecule has 0 N–H and O–H groups in total. The first-order valence-electron chi connectivity index (χ1n) is 9.11. The molecule has 1 saturated heterocycles. The maximum Gasteiger partial charge on any atom is 0.210 e. The van der Waals surface area contributed by atoms with Crippen molar-refractivity contribution in [3.63, 3.8) is 0 Å². The van der Waals surface area contributed by atoms with Gasteiger partial charge < -0.3 is 14.0 Å². The third-order valence-electron chi connectivity index (χ3n) is 5.71. The van der Waals surface area contributed by atoms with E-state index >= 15 is 0 Å². The number of hydrogen-bond donors (Lipinski definition) is 0. The minimum absolute atomic E-state index is 0.0430. The summed E-state index contributed by atoms with van der Waals surface area (Å²) in [6.45, 7) is 4.89. The van der Waals surface area contributed by atoms with Gasteiger partial charge in [0.2, 0.25) is 6.41 Å². The van der Waals surface area contributed by atoms with Crippen LogP contribution in [-0.2, 0) is 11.2 Å². The summed E-state index contributed by atoms with van der Waals surface area (Å²) in [6.07, 6.45) is 5.01. The van der Waals surface area contributed by atoms with Crippen LogP contribution in [0.1, 0.15) is 46.6 Å². The predicted molar refractivity (Wildman–Crippen MR) is 98.3 cm³/mol. The molecule has 2 aliphatic heterocycles. The third kappa shape index (κ3) is 2.23. The van der Waals surface area contributed by atoms with E-state index in [-0.39, 0.29) is 12.1 Å². The number of hydrogen-bond acceptors (Lipinski definition) is 3. The number of imidazole rings is 1. The molecule has 3 aromatic rings. The molecule has 0 radical (unpaired) electrons. The van der Waals surface area contributed by atoms with E-state index in [0.717, 1.165) is 48.6 Å². The molecule has 26 heavy (non-hydrogen) atoms. The van der Waals surface area contributed by atoms with E-state index < -0.39 is 0 Å². The van der Waals surface area contributed by atoms with E-state index in [1.54, 1.807) is 0 Å². The molecule has 0 saturated carbocycles. The van der Waals surface area contributed by atoms with Crippen LogP contribution in [-0.4, -0.2) is 27.2 Å². The van der Waals surface area contributed by atoms with Crippen molar-refractivity contribution in [1.29, 1.82) is 0 Å². The summed E-state index contributed by atoms with van der Waals surface area (Å²) >= 11 is 0. The van der Waals surface area contributed by atoms with Gasteiger partial charge in [0.05, 0.1) is 11.7 Å². The van der Waals surface area contributed by atoms with Crippen molar-refractivity contribution in [2.45, 2.75) is 38.8 Å². The van der Waals surface area contributed by atoms with E-state index in [1.807, 2.05) is 17.9 Å². The van der Waals surface area contributed by atoms with Crippen LogP contribution in [0.5, 0.6) is 5.75 Å². The molecule has 132 valence electrons. The highest BCUT2D eigenvalue weighted by Gasteiger charge is 2.39. The molecular weight excluding hydrogens is 326 g/mol. The van der Waals surface area contributed by atoms with Crippen molar-refractivity contribution in [2.75, 3.05) is 6.54 Å². The zero-order valence-corrected chi connectivity index (χ0v) is 15.0. The molecular formula is C21H21N3O2. The molecule has 2 unspecified atom stereocenters. The van der Waals surface area contributed by atoms with Crippen LogP contribution in [0, 0.1) is 13.8 Å². The Kier molecular flexibility index (Phi) is 3.32. The van der Waals surface area contributed by atoms with Crippen LogP contribution in [0.15, 0.2) is 36.5 Å². The SMILES string of the molecule is Cc1nc2c3c(c(C4CN4C=O)cn2c1C)CCC(c1ccccc1)O3.